The van der Waals surface area contributed by atoms with Crippen molar-refractivity contribution in [2.75, 3.05) is 20.3 Å². The highest BCUT2D eigenvalue weighted by molar-refractivity contribution is 7.15. The first-order chi connectivity index (χ1) is 7.88. The second-order valence-electron chi connectivity index (χ2n) is 3.74. The summed E-state index contributed by atoms with van der Waals surface area (Å²) in [5.74, 6) is 0.708. The second kappa shape index (κ2) is 4.04. The number of thiazole rings is 1. The third kappa shape index (κ3) is 1.59. The van der Waals surface area contributed by atoms with Crippen LogP contribution in [0.15, 0.2) is 11.6 Å². The maximum absolute atomic E-state index is 5.28. The van der Waals surface area contributed by atoms with Gasteiger partial charge in [-0.05, 0) is 0 Å². The number of hydrogen-bond acceptors (Lipinski definition) is 5. The van der Waals surface area contributed by atoms with Crippen LogP contribution in [-0.4, -0.2) is 35.8 Å². The molecule has 1 aliphatic rings. The van der Waals surface area contributed by atoms with Gasteiger partial charge in [0.15, 0.2) is 4.96 Å². The largest absolute Gasteiger partial charge is 0.480 e. The molecular weight excluding hydrogens is 226 g/mol. The van der Waals surface area contributed by atoms with Crippen molar-refractivity contribution in [1.82, 2.24) is 14.7 Å². The Bertz CT molecular complexity index is 489. The van der Waals surface area contributed by atoms with Crippen LogP contribution in [0.3, 0.4) is 0 Å². The molecule has 16 heavy (non-hydrogen) atoms. The predicted octanol–water partition coefficient (Wildman–Crippen LogP) is 0.893. The fraction of sp³-hybridized carbons (Fsp3) is 0.500. The molecule has 0 bridgehead atoms. The molecule has 0 aliphatic carbocycles. The highest BCUT2D eigenvalue weighted by atomic mass is 32.1. The van der Waals surface area contributed by atoms with Crippen LogP contribution in [0.1, 0.15) is 5.69 Å². The summed E-state index contributed by atoms with van der Waals surface area (Å²) >= 11 is 1.61. The first-order valence-corrected chi connectivity index (χ1v) is 6.06. The number of nitrogens with zero attached hydrogens (tertiary/aromatic N) is 2. The van der Waals surface area contributed by atoms with Crippen LogP contribution in [0.2, 0.25) is 0 Å². The summed E-state index contributed by atoms with van der Waals surface area (Å²) in [6, 6.07) is 0.467. The normalized spacial score (nSPS) is 16.6. The van der Waals surface area contributed by atoms with Crippen LogP contribution in [0.4, 0.5) is 0 Å². The van der Waals surface area contributed by atoms with Crippen LogP contribution in [0.5, 0.6) is 5.88 Å². The average molecular weight is 239 g/mol. The van der Waals surface area contributed by atoms with Gasteiger partial charge >= 0.3 is 0 Å². The van der Waals surface area contributed by atoms with Crippen LogP contribution in [-0.2, 0) is 11.3 Å². The minimum Gasteiger partial charge on any atom is -0.480 e. The van der Waals surface area contributed by atoms with Crippen LogP contribution in [0.25, 0.3) is 4.96 Å². The third-order valence-corrected chi connectivity index (χ3v) is 3.47. The Morgan fingerprint density at radius 3 is 3.25 bits per heavy atom. The van der Waals surface area contributed by atoms with Gasteiger partial charge in [0.1, 0.15) is 5.69 Å². The molecule has 0 radical (unpaired) electrons. The van der Waals surface area contributed by atoms with Gasteiger partial charge in [0.25, 0.3) is 0 Å². The SMILES string of the molecule is COc1nc2sccn2c1CNC1COC1. The topological polar surface area (TPSA) is 47.8 Å². The first kappa shape index (κ1) is 10.1. The molecule has 1 N–H and O–H groups in total. The number of nitrogens with one attached hydrogen (secondary N) is 1. The lowest BCUT2D eigenvalue weighted by molar-refractivity contribution is -0.00600. The van der Waals surface area contributed by atoms with Gasteiger partial charge in [0, 0.05) is 18.1 Å². The van der Waals surface area contributed by atoms with Gasteiger partial charge in [-0.3, -0.25) is 4.40 Å². The first-order valence-electron chi connectivity index (χ1n) is 5.18. The predicted molar refractivity (Wildman–Crippen MR) is 61.1 cm³/mol. The fourth-order valence-corrected chi connectivity index (χ4v) is 2.46. The van der Waals surface area contributed by atoms with Crippen molar-refractivity contribution in [2.24, 2.45) is 0 Å². The Kier molecular flexibility index (Phi) is 2.55. The van der Waals surface area contributed by atoms with Gasteiger partial charge in [0.05, 0.1) is 26.4 Å². The van der Waals surface area contributed by atoms with Crippen molar-refractivity contribution in [3.05, 3.63) is 17.3 Å². The number of aromatic nitrogens is 2. The van der Waals surface area contributed by atoms with E-state index < -0.39 is 0 Å². The van der Waals surface area contributed by atoms with E-state index in [9.17, 15) is 0 Å². The summed E-state index contributed by atoms with van der Waals surface area (Å²) in [5, 5.41) is 5.44. The van der Waals surface area contributed by atoms with E-state index >= 15 is 0 Å². The number of fused-ring (bicyclic) bond motifs is 1. The van der Waals surface area contributed by atoms with Gasteiger partial charge in [0.2, 0.25) is 5.88 Å². The maximum Gasteiger partial charge on any atom is 0.237 e. The van der Waals surface area contributed by atoms with Gasteiger partial charge in [-0.15, -0.1) is 11.3 Å². The van der Waals surface area contributed by atoms with Gasteiger partial charge in [-0.2, -0.15) is 4.98 Å². The highest BCUT2D eigenvalue weighted by Crippen LogP contribution is 2.23. The second-order valence-corrected chi connectivity index (χ2v) is 4.61. The van der Waals surface area contributed by atoms with Crippen molar-refractivity contribution in [1.29, 1.82) is 0 Å². The van der Waals surface area contributed by atoms with Crippen LogP contribution in [0, 0.1) is 0 Å². The fourth-order valence-electron chi connectivity index (χ4n) is 1.73. The zero-order valence-corrected chi connectivity index (χ0v) is 9.79. The summed E-state index contributed by atoms with van der Waals surface area (Å²) in [6.45, 7) is 2.36. The number of methoxy groups -OCH3 is 1. The molecular formula is C10H13N3O2S. The van der Waals surface area contributed by atoms with E-state index in [-0.39, 0.29) is 0 Å². The molecule has 86 valence electrons. The minimum absolute atomic E-state index is 0.467. The Morgan fingerprint density at radius 1 is 1.69 bits per heavy atom. The van der Waals surface area contributed by atoms with Crippen molar-refractivity contribution in [2.45, 2.75) is 12.6 Å². The lowest BCUT2D eigenvalue weighted by Crippen LogP contribution is -2.45. The van der Waals surface area contributed by atoms with Gasteiger partial charge < -0.3 is 14.8 Å². The molecule has 6 heteroatoms. The quantitative estimate of drug-likeness (QED) is 0.861. The van der Waals surface area contributed by atoms with Crippen molar-refractivity contribution >= 4 is 16.3 Å². The van der Waals surface area contributed by atoms with E-state index in [1.54, 1.807) is 18.4 Å². The number of rotatable bonds is 4. The van der Waals surface area contributed by atoms with Crippen LogP contribution < -0.4 is 10.1 Å². The molecule has 0 spiro atoms. The Balaban J connectivity index is 1.83. The molecule has 1 saturated heterocycles. The molecule has 0 atom stereocenters. The summed E-state index contributed by atoms with van der Waals surface area (Å²) in [4.78, 5) is 5.37. The van der Waals surface area contributed by atoms with Crippen molar-refractivity contribution < 1.29 is 9.47 Å². The molecule has 2 aromatic heterocycles. The average Bonchev–Trinajstić information content (AvgIpc) is 2.76. The molecule has 2 aromatic rings. The number of ether oxygens (including phenoxy) is 2. The zero-order valence-electron chi connectivity index (χ0n) is 8.97. The zero-order chi connectivity index (χ0) is 11.0. The molecule has 0 amide bonds. The van der Waals surface area contributed by atoms with E-state index in [1.807, 2.05) is 11.6 Å². The van der Waals surface area contributed by atoms with Crippen molar-refractivity contribution in [3.8, 4) is 5.88 Å². The van der Waals surface area contributed by atoms with Gasteiger partial charge in [-0.25, -0.2) is 0 Å². The number of imidazole rings is 1. The molecule has 1 fully saturated rings. The Hall–Kier alpha value is -1.11. The third-order valence-electron chi connectivity index (χ3n) is 2.71. The van der Waals surface area contributed by atoms with E-state index in [2.05, 4.69) is 14.7 Å². The summed E-state index contributed by atoms with van der Waals surface area (Å²) in [6.07, 6.45) is 2.02. The maximum atomic E-state index is 5.28. The Morgan fingerprint density at radius 2 is 2.56 bits per heavy atom. The van der Waals surface area contributed by atoms with E-state index in [0.29, 0.717) is 11.9 Å². The molecule has 5 nitrogen and oxygen atoms in total. The highest BCUT2D eigenvalue weighted by Gasteiger charge is 2.20. The summed E-state index contributed by atoms with van der Waals surface area (Å²) in [5.41, 5.74) is 1.07. The summed E-state index contributed by atoms with van der Waals surface area (Å²) in [7, 11) is 1.66. The van der Waals surface area contributed by atoms with E-state index in [1.165, 1.54) is 0 Å². The van der Waals surface area contributed by atoms with Gasteiger partial charge in [-0.1, -0.05) is 0 Å². The minimum atomic E-state index is 0.467. The molecule has 3 rings (SSSR count). The smallest absolute Gasteiger partial charge is 0.237 e. The molecule has 0 saturated carbocycles. The van der Waals surface area contributed by atoms with E-state index in [4.69, 9.17) is 9.47 Å². The Labute approximate surface area is 97.0 Å². The monoisotopic (exact) mass is 239 g/mol. The number of hydrogen-bond donors (Lipinski definition) is 1. The van der Waals surface area contributed by atoms with Crippen molar-refractivity contribution in [3.63, 3.8) is 0 Å². The molecule has 1 aliphatic heterocycles. The van der Waals surface area contributed by atoms with E-state index in [0.717, 1.165) is 30.4 Å². The lowest BCUT2D eigenvalue weighted by Gasteiger charge is -2.26. The molecule has 0 aromatic carbocycles. The standard InChI is InChI=1S/C10H13N3O2S/c1-14-9-8(4-11-7-5-15-6-7)13-2-3-16-10(13)12-9/h2-3,7,11H,4-6H2,1H3. The summed E-state index contributed by atoms with van der Waals surface area (Å²) < 4.78 is 12.5. The molecule has 3 heterocycles. The molecule has 0 unspecified atom stereocenters. The lowest BCUT2D eigenvalue weighted by atomic mass is 10.2. The van der Waals surface area contributed by atoms with Crippen LogP contribution >= 0.6 is 11.3 Å².